The van der Waals surface area contributed by atoms with Crippen molar-refractivity contribution in [3.8, 4) is 0 Å². The molecule has 1 aliphatic rings. The van der Waals surface area contributed by atoms with Crippen LogP contribution in [0.15, 0.2) is 40.9 Å². The van der Waals surface area contributed by atoms with Gasteiger partial charge in [-0.05, 0) is 41.7 Å². The SMILES string of the molecule is CCc1cccc(C(C)C)c1N1C(=O)c2ccc(Br)cc2C1=O. The molecule has 4 heteroatoms. The number of benzene rings is 2. The average molecular weight is 372 g/mol. The van der Waals surface area contributed by atoms with Gasteiger partial charge in [0, 0.05) is 4.47 Å². The Kier molecular flexibility index (Phi) is 4.11. The number of halogens is 1. The monoisotopic (exact) mass is 371 g/mol. The van der Waals surface area contributed by atoms with Crippen LogP contribution in [-0.4, -0.2) is 11.8 Å². The number of carbonyl (C=O) groups excluding carboxylic acids is 2. The van der Waals surface area contributed by atoms with Gasteiger partial charge in [0.1, 0.15) is 0 Å². The minimum atomic E-state index is -0.242. The van der Waals surface area contributed by atoms with Crippen LogP contribution in [0.4, 0.5) is 5.69 Å². The van der Waals surface area contributed by atoms with Crippen molar-refractivity contribution in [2.24, 2.45) is 0 Å². The highest BCUT2D eigenvalue weighted by Crippen LogP contribution is 2.37. The molecule has 23 heavy (non-hydrogen) atoms. The van der Waals surface area contributed by atoms with E-state index in [2.05, 4.69) is 29.8 Å². The van der Waals surface area contributed by atoms with E-state index in [4.69, 9.17) is 0 Å². The number of imide groups is 1. The number of hydrogen-bond acceptors (Lipinski definition) is 2. The molecule has 0 fully saturated rings. The first-order valence-corrected chi connectivity index (χ1v) is 8.55. The molecule has 2 aromatic carbocycles. The molecule has 0 spiro atoms. The largest absolute Gasteiger partial charge is 0.268 e. The van der Waals surface area contributed by atoms with Crippen molar-refractivity contribution in [1.29, 1.82) is 0 Å². The molecule has 0 atom stereocenters. The van der Waals surface area contributed by atoms with Crippen LogP contribution in [0.2, 0.25) is 0 Å². The summed E-state index contributed by atoms with van der Waals surface area (Å²) >= 11 is 3.37. The van der Waals surface area contributed by atoms with Gasteiger partial charge in [-0.15, -0.1) is 0 Å². The summed E-state index contributed by atoms with van der Waals surface area (Å²) in [5.74, 6) is -0.248. The highest BCUT2D eigenvalue weighted by Gasteiger charge is 2.38. The van der Waals surface area contributed by atoms with E-state index in [-0.39, 0.29) is 17.7 Å². The Morgan fingerprint density at radius 3 is 2.39 bits per heavy atom. The van der Waals surface area contributed by atoms with Gasteiger partial charge in [0.15, 0.2) is 0 Å². The topological polar surface area (TPSA) is 37.4 Å². The summed E-state index contributed by atoms with van der Waals surface area (Å²) in [6.45, 7) is 6.19. The van der Waals surface area contributed by atoms with E-state index in [0.29, 0.717) is 11.1 Å². The fraction of sp³-hybridized carbons (Fsp3) is 0.263. The van der Waals surface area contributed by atoms with Gasteiger partial charge in [-0.3, -0.25) is 9.59 Å². The number of rotatable bonds is 3. The second-order valence-electron chi connectivity index (χ2n) is 6.00. The van der Waals surface area contributed by atoms with Gasteiger partial charge in [-0.1, -0.05) is 54.9 Å². The van der Waals surface area contributed by atoms with E-state index < -0.39 is 0 Å². The number of amides is 2. The highest BCUT2D eigenvalue weighted by molar-refractivity contribution is 9.10. The van der Waals surface area contributed by atoms with Crippen LogP contribution in [0.5, 0.6) is 0 Å². The Morgan fingerprint density at radius 2 is 1.74 bits per heavy atom. The Morgan fingerprint density at radius 1 is 1.04 bits per heavy atom. The van der Waals surface area contributed by atoms with Crippen LogP contribution in [0.25, 0.3) is 0 Å². The van der Waals surface area contributed by atoms with E-state index in [1.54, 1.807) is 18.2 Å². The number of hydrogen-bond donors (Lipinski definition) is 0. The molecule has 1 aliphatic heterocycles. The van der Waals surface area contributed by atoms with Crippen molar-refractivity contribution >= 4 is 33.4 Å². The molecular formula is C19H18BrNO2. The predicted molar refractivity (Wildman–Crippen MR) is 95.2 cm³/mol. The summed E-state index contributed by atoms with van der Waals surface area (Å²) in [5, 5.41) is 0. The Balaban J connectivity index is 2.21. The van der Waals surface area contributed by atoms with Crippen molar-refractivity contribution in [1.82, 2.24) is 0 Å². The normalized spacial score (nSPS) is 13.9. The fourth-order valence-corrected chi connectivity index (χ4v) is 3.41. The summed E-state index contributed by atoms with van der Waals surface area (Å²) in [5.41, 5.74) is 3.74. The summed E-state index contributed by atoms with van der Waals surface area (Å²) in [6.07, 6.45) is 0.771. The Labute approximate surface area is 144 Å². The molecule has 118 valence electrons. The molecule has 0 saturated carbocycles. The number of carbonyl (C=O) groups is 2. The van der Waals surface area contributed by atoms with Crippen molar-refractivity contribution in [3.05, 3.63) is 63.1 Å². The second-order valence-corrected chi connectivity index (χ2v) is 6.91. The van der Waals surface area contributed by atoms with Crippen molar-refractivity contribution in [2.45, 2.75) is 33.1 Å². The fourth-order valence-electron chi connectivity index (χ4n) is 3.05. The van der Waals surface area contributed by atoms with Gasteiger partial charge in [-0.25, -0.2) is 4.90 Å². The number of anilines is 1. The smallest absolute Gasteiger partial charge is 0.266 e. The minimum Gasteiger partial charge on any atom is -0.268 e. The molecule has 0 radical (unpaired) electrons. The lowest BCUT2D eigenvalue weighted by Gasteiger charge is -2.23. The number of aryl methyl sites for hydroxylation is 1. The van der Waals surface area contributed by atoms with E-state index in [1.807, 2.05) is 25.1 Å². The highest BCUT2D eigenvalue weighted by atomic mass is 79.9. The van der Waals surface area contributed by atoms with E-state index in [0.717, 1.165) is 27.7 Å². The maximum absolute atomic E-state index is 12.9. The molecule has 0 saturated heterocycles. The first-order chi connectivity index (χ1) is 11.0. The van der Waals surface area contributed by atoms with Crippen LogP contribution in [0.3, 0.4) is 0 Å². The lowest BCUT2D eigenvalue weighted by Crippen LogP contribution is -2.31. The standard InChI is InChI=1S/C19H18BrNO2/c1-4-12-6-5-7-14(11(2)3)17(12)21-18(22)15-9-8-13(20)10-16(15)19(21)23/h5-11H,4H2,1-3H3. The third kappa shape index (κ3) is 2.51. The van der Waals surface area contributed by atoms with Crippen molar-refractivity contribution in [3.63, 3.8) is 0 Å². The van der Waals surface area contributed by atoms with E-state index in [1.165, 1.54) is 4.90 Å². The minimum absolute atomic E-state index is 0.229. The molecule has 0 aliphatic carbocycles. The van der Waals surface area contributed by atoms with Crippen LogP contribution < -0.4 is 4.90 Å². The third-order valence-electron chi connectivity index (χ3n) is 4.23. The van der Waals surface area contributed by atoms with Crippen LogP contribution in [0.1, 0.15) is 58.5 Å². The molecule has 3 nitrogen and oxygen atoms in total. The molecule has 1 heterocycles. The van der Waals surface area contributed by atoms with Crippen molar-refractivity contribution in [2.75, 3.05) is 4.90 Å². The number of para-hydroxylation sites is 1. The van der Waals surface area contributed by atoms with Crippen LogP contribution in [-0.2, 0) is 6.42 Å². The van der Waals surface area contributed by atoms with Gasteiger partial charge in [0.25, 0.3) is 11.8 Å². The summed E-state index contributed by atoms with van der Waals surface area (Å²) in [6, 6.07) is 11.2. The first-order valence-electron chi connectivity index (χ1n) is 7.75. The van der Waals surface area contributed by atoms with Crippen molar-refractivity contribution < 1.29 is 9.59 Å². The quantitative estimate of drug-likeness (QED) is 0.716. The molecule has 2 amide bonds. The van der Waals surface area contributed by atoms with Gasteiger partial charge in [0.05, 0.1) is 16.8 Å². The Hall–Kier alpha value is -1.94. The van der Waals surface area contributed by atoms with Gasteiger partial charge in [-0.2, -0.15) is 0 Å². The third-order valence-corrected chi connectivity index (χ3v) is 4.72. The van der Waals surface area contributed by atoms with E-state index in [9.17, 15) is 9.59 Å². The molecule has 2 aromatic rings. The molecule has 3 rings (SSSR count). The summed E-state index contributed by atoms with van der Waals surface area (Å²) in [4.78, 5) is 27.1. The summed E-state index contributed by atoms with van der Waals surface area (Å²) in [7, 11) is 0. The molecule has 0 unspecified atom stereocenters. The lowest BCUT2D eigenvalue weighted by molar-refractivity contribution is 0.0925. The average Bonchev–Trinajstić information content (AvgIpc) is 2.77. The van der Waals surface area contributed by atoms with Crippen LogP contribution >= 0.6 is 15.9 Å². The zero-order valence-electron chi connectivity index (χ0n) is 13.4. The summed E-state index contributed by atoms with van der Waals surface area (Å²) < 4.78 is 0.798. The maximum Gasteiger partial charge on any atom is 0.266 e. The molecule has 0 bridgehead atoms. The number of fused-ring (bicyclic) bond motifs is 1. The Bertz CT molecular complexity index is 811. The second kappa shape index (κ2) is 5.93. The zero-order valence-corrected chi connectivity index (χ0v) is 15.0. The molecular weight excluding hydrogens is 354 g/mol. The first kappa shape index (κ1) is 15.9. The van der Waals surface area contributed by atoms with Gasteiger partial charge >= 0.3 is 0 Å². The predicted octanol–water partition coefficient (Wildman–Crippen LogP) is 4.94. The van der Waals surface area contributed by atoms with Gasteiger partial charge in [0.2, 0.25) is 0 Å². The molecule has 0 aromatic heterocycles. The molecule has 0 N–H and O–H groups in total. The van der Waals surface area contributed by atoms with Crippen LogP contribution in [0, 0.1) is 0 Å². The van der Waals surface area contributed by atoms with Gasteiger partial charge < -0.3 is 0 Å². The maximum atomic E-state index is 12.9. The number of nitrogens with zero attached hydrogens (tertiary/aromatic N) is 1. The lowest BCUT2D eigenvalue weighted by atomic mass is 9.95. The van der Waals surface area contributed by atoms with E-state index >= 15 is 0 Å². The zero-order chi connectivity index (χ0) is 16.7.